The fraction of sp³-hybridized carbons (Fsp3) is 0.400. The van der Waals surface area contributed by atoms with Gasteiger partial charge in [-0.15, -0.1) is 0 Å². The first kappa shape index (κ1) is 17.5. The molecule has 2 aromatic rings. The van der Waals surface area contributed by atoms with Crippen molar-refractivity contribution in [1.29, 1.82) is 0 Å². The fourth-order valence-electron chi connectivity index (χ4n) is 2.41. The van der Waals surface area contributed by atoms with Crippen LogP contribution < -0.4 is 0 Å². The lowest BCUT2D eigenvalue weighted by Crippen LogP contribution is -1.94. The van der Waals surface area contributed by atoms with Crippen LogP contribution in [-0.4, -0.2) is 0 Å². The van der Waals surface area contributed by atoms with Gasteiger partial charge in [0.15, 0.2) is 0 Å². The SMILES string of the molecule is CC[C@H](SS[C@@H](CC)c1ccc(C)cc1)c1ccc(C)cc1. The molecule has 0 saturated carbocycles. The maximum atomic E-state index is 2.28. The predicted molar refractivity (Wildman–Crippen MR) is 104 cm³/mol. The molecule has 118 valence electrons. The third-order valence-corrected chi connectivity index (χ3v) is 7.44. The van der Waals surface area contributed by atoms with Gasteiger partial charge in [-0.1, -0.05) is 95.1 Å². The minimum Gasteiger partial charge on any atom is -0.0853 e. The van der Waals surface area contributed by atoms with E-state index in [-0.39, 0.29) is 0 Å². The molecule has 0 saturated heterocycles. The summed E-state index contributed by atoms with van der Waals surface area (Å²) in [5.41, 5.74) is 5.57. The molecule has 0 heterocycles. The summed E-state index contributed by atoms with van der Waals surface area (Å²) in [6.45, 7) is 8.87. The van der Waals surface area contributed by atoms with Crippen LogP contribution in [-0.2, 0) is 0 Å². The van der Waals surface area contributed by atoms with Gasteiger partial charge in [-0.2, -0.15) is 0 Å². The minimum atomic E-state index is 0.574. The van der Waals surface area contributed by atoms with Crippen LogP contribution in [0.2, 0.25) is 0 Å². The highest BCUT2D eigenvalue weighted by Gasteiger charge is 2.15. The Kier molecular flexibility index (Phi) is 6.91. The summed E-state index contributed by atoms with van der Waals surface area (Å²) in [6, 6.07) is 18.0. The summed E-state index contributed by atoms with van der Waals surface area (Å²) in [7, 11) is 4.06. The molecule has 2 heteroatoms. The van der Waals surface area contributed by atoms with E-state index < -0.39 is 0 Å². The maximum absolute atomic E-state index is 2.28. The van der Waals surface area contributed by atoms with E-state index in [1.54, 1.807) is 0 Å². The number of rotatable bonds is 7. The van der Waals surface area contributed by atoms with Crippen LogP contribution in [0.1, 0.15) is 59.4 Å². The Labute approximate surface area is 143 Å². The molecule has 0 fully saturated rings. The molecule has 2 atom stereocenters. The van der Waals surface area contributed by atoms with Crippen LogP contribution in [0.25, 0.3) is 0 Å². The first-order valence-corrected chi connectivity index (χ1v) is 10.4. The summed E-state index contributed by atoms with van der Waals surface area (Å²) in [4.78, 5) is 0. The van der Waals surface area contributed by atoms with Gasteiger partial charge in [-0.25, -0.2) is 0 Å². The van der Waals surface area contributed by atoms with Gasteiger partial charge in [0.1, 0.15) is 0 Å². The average Bonchev–Trinajstić information content (AvgIpc) is 2.54. The van der Waals surface area contributed by atoms with Crippen molar-refractivity contribution in [3.05, 3.63) is 70.8 Å². The molecule has 22 heavy (non-hydrogen) atoms. The first-order valence-electron chi connectivity index (χ1n) is 8.09. The molecule has 0 aliphatic rings. The minimum absolute atomic E-state index is 0.574. The molecule has 0 N–H and O–H groups in total. The van der Waals surface area contributed by atoms with Gasteiger partial charge < -0.3 is 0 Å². The highest BCUT2D eigenvalue weighted by molar-refractivity contribution is 8.76. The Morgan fingerprint density at radius 2 is 0.955 bits per heavy atom. The lowest BCUT2D eigenvalue weighted by Gasteiger charge is -2.19. The molecule has 0 aliphatic carbocycles. The largest absolute Gasteiger partial charge is 0.0853 e. The Morgan fingerprint density at radius 1 is 0.636 bits per heavy atom. The lowest BCUT2D eigenvalue weighted by molar-refractivity contribution is 0.892. The van der Waals surface area contributed by atoms with Crippen molar-refractivity contribution < 1.29 is 0 Å². The van der Waals surface area contributed by atoms with Gasteiger partial charge in [0, 0.05) is 10.5 Å². The van der Waals surface area contributed by atoms with Crippen LogP contribution in [0.4, 0.5) is 0 Å². The predicted octanol–water partition coefficient (Wildman–Crippen LogP) is 7.29. The molecule has 0 unspecified atom stereocenters. The second-order valence-corrected chi connectivity index (χ2v) is 8.49. The van der Waals surface area contributed by atoms with Crippen molar-refractivity contribution in [2.45, 2.75) is 51.0 Å². The third kappa shape index (κ3) is 4.82. The normalized spacial score (nSPS) is 13.8. The molecule has 0 spiro atoms. The second kappa shape index (κ2) is 8.69. The van der Waals surface area contributed by atoms with E-state index >= 15 is 0 Å². The van der Waals surface area contributed by atoms with Gasteiger partial charge in [0.05, 0.1) is 0 Å². The Hall–Kier alpha value is -0.860. The third-order valence-electron chi connectivity index (χ3n) is 3.93. The quantitative estimate of drug-likeness (QED) is 0.489. The molecule has 2 aromatic carbocycles. The lowest BCUT2D eigenvalue weighted by atomic mass is 10.1. The molecular formula is C20H26S2. The fourth-order valence-corrected chi connectivity index (χ4v) is 5.78. The van der Waals surface area contributed by atoms with Crippen LogP contribution in [0.15, 0.2) is 48.5 Å². The highest BCUT2D eigenvalue weighted by atomic mass is 33.1. The zero-order chi connectivity index (χ0) is 15.9. The van der Waals surface area contributed by atoms with Crippen molar-refractivity contribution in [2.75, 3.05) is 0 Å². The van der Waals surface area contributed by atoms with E-state index in [4.69, 9.17) is 0 Å². The molecular weight excluding hydrogens is 304 g/mol. The van der Waals surface area contributed by atoms with E-state index in [2.05, 4.69) is 76.2 Å². The van der Waals surface area contributed by atoms with Crippen molar-refractivity contribution in [2.24, 2.45) is 0 Å². The number of hydrogen-bond donors (Lipinski definition) is 0. The molecule has 0 bridgehead atoms. The van der Waals surface area contributed by atoms with Crippen molar-refractivity contribution >= 4 is 21.6 Å². The molecule has 0 radical (unpaired) electrons. The van der Waals surface area contributed by atoms with Crippen molar-refractivity contribution in [3.8, 4) is 0 Å². The van der Waals surface area contributed by atoms with E-state index in [0.717, 1.165) is 0 Å². The van der Waals surface area contributed by atoms with Gasteiger partial charge in [-0.3, -0.25) is 0 Å². The van der Waals surface area contributed by atoms with E-state index in [0.29, 0.717) is 10.5 Å². The summed E-state index contributed by atoms with van der Waals surface area (Å²) in [6.07, 6.45) is 2.34. The van der Waals surface area contributed by atoms with E-state index in [1.807, 2.05) is 21.6 Å². The zero-order valence-electron chi connectivity index (χ0n) is 14.0. The molecule has 2 rings (SSSR count). The van der Waals surface area contributed by atoms with E-state index in [1.165, 1.54) is 35.1 Å². The Bertz CT molecular complexity index is 504. The Morgan fingerprint density at radius 3 is 1.23 bits per heavy atom. The highest BCUT2D eigenvalue weighted by Crippen LogP contribution is 2.48. The molecule has 0 amide bonds. The monoisotopic (exact) mass is 330 g/mol. The number of hydrogen-bond acceptors (Lipinski definition) is 2. The van der Waals surface area contributed by atoms with Crippen LogP contribution in [0.5, 0.6) is 0 Å². The molecule has 0 aliphatic heterocycles. The summed E-state index contributed by atoms with van der Waals surface area (Å²) in [5, 5.41) is 1.15. The topological polar surface area (TPSA) is 0 Å². The molecule has 0 aromatic heterocycles. The number of benzene rings is 2. The zero-order valence-corrected chi connectivity index (χ0v) is 15.6. The maximum Gasteiger partial charge on any atom is 0.0398 e. The molecule has 0 nitrogen and oxygen atoms in total. The van der Waals surface area contributed by atoms with Gasteiger partial charge in [0.25, 0.3) is 0 Å². The Balaban J connectivity index is 2.01. The van der Waals surface area contributed by atoms with Gasteiger partial charge in [-0.05, 0) is 37.8 Å². The van der Waals surface area contributed by atoms with Crippen LogP contribution >= 0.6 is 21.6 Å². The average molecular weight is 331 g/mol. The van der Waals surface area contributed by atoms with Crippen LogP contribution in [0.3, 0.4) is 0 Å². The van der Waals surface area contributed by atoms with Crippen molar-refractivity contribution in [3.63, 3.8) is 0 Å². The van der Waals surface area contributed by atoms with Gasteiger partial charge >= 0.3 is 0 Å². The second-order valence-electron chi connectivity index (χ2n) is 5.81. The van der Waals surface area contributed by atoms with E-state index in [9.17, 15) is 0 Å². The smallest absolute Gasteiger partial charge is 0.0398 e. The summed E-state index contributed by atoms with van der Waals surface area (Å²) >= 11 is 0. The van der Waals surface area contributed by atoms with Crippen molar-refractivity contribution in [1.82, 2.24) is 0 Å². The van der Waals surface area contributed by atoms with Crippen LogP contribution in [0, 0.1) is 13.8 Å². The first-order chi connectivity index (χ1) is 10.6. The standard InChI is InChI=1S/C20H26S2/c1-5-19(17-11-7-15(3)8-12-17)21-22-20(6-2)18-13-9-16(4)10-14-18/h7-14,19-20H,5-6H2,1-4H3/t19-,20-/m0/s1. The summed E-state index contributed by atoms with van der Waals surface area (Å²) in [5.74, 6) is 0. The summed E-state index contributed by atoms with van der Waals surface area (Å²) < 4.78 is 0. The number of aryl methyl sites for hydroxylation is 2. The van der Waals surface area contributed by atoms with Gasteiger partial charge in [0.2, 0.25) is 0 Å².